The largest absolute Gasteiger partial charge is 0.513 e. The lowest BCUT2D eigenvalue weighted by atomic mass is 9.98. The topological polar surface area (TPSA) is 110 Å². The number of aliphatic hydroxyl groups is 1. The highest BCUT2D eigenvalue weighted by molar-refractivity contribution is 5.76. The normalized spacial score (nSPS) is 28.2. The summed E-state index contributed by atoms with van der Waals surface area (Å²) in [6.45, 7) is 3.34. The monoisotopic (exact) mass is 340 g/mol. The zero-order chi connectivity index (χ0) is 17.7. The van der Waals surface area contributed by atoms with Gasteiger partial charge in [0.1, 0.15) is 12.2 Å². The van der Waals surface area contributed by atoms with Gasteiger partial charge in [-0.05, 0) is 25.7 Å². The summed E-state index contributed by atoms with van der Waals surface area (Å²) in [5.74, 6) is -1.53. The van der Waals surface area contributed by atoms with Gasteiger partial charge in [0.2, 0.25) is 0 Å². The van der Waals surface area contributed by atoms with Crippen LogP contribution in [-0.4, -0.2) is 40.3 Å². The molecule has 2 aliphatic rings. The lowest BCUT2D eigenvalue weighted by Gasteiger charge is -2.21. The lowest BCUT2D eigenvalue weighted by Crippen LogP contribution is -2.26. The van der Waals surface area contributed by atoms with Crippen LogP contribution in [0.2, 0.25) is 0 Å². The third-order valence-electron chi connectivity index (χ3n) is 4.80. The van der Waals surface area contributed by atoms with Crippen molar-refractivity contribution in [2.24, 2.45) is 11.8 Å². The molecule has 0 heterocycles. The van der Waals surface area contributed by atoms with Crippen molar-refractivity contribution in [1.29, 1.82) is 0 Å². The predicted molar refractivity (Wildman–Crippen MR) is 83.1 cm³/mol. The van der Waals surface area contributed by atoms with E-state index in [0.717, 1.165) is 25.7 Å². The molecule has 7 heteroatoms. The number of esters is 2. The van der Waals surface area contributed by atoms with Crippen molar-refractivity contribution in [3.8, 4) is 0 Å². The average molecular weight is 340 g/mol. The number of hydrogen-bond donors (Lipinski definition) is 2. The van der Waals surface area contributed by atoms with Gasteiger partial charge in [-0.15, -0.1) is 0 Å². The summed E-state index contributed by atoms with van der Waals surface area (Å²) in [6.07, 6.45) is 2.69. The Morgan fingerprint density at radius 3 is 1.67 bits per heavy atom. The number of ether oxygens (including phenoxy) is 2. The summed E-state index contributed by atoms with van der Waals surface area (Å²) in [6, 6.07) is 0. The fraction of sp³-hybridized carbons (Fsp3) is 0.706. The molecule has 0 aromatic heterocycles. The number of carboxylic acid groups (broad SMARTS) is 1. The molecule has 2 N–H and O–H groups in total. The molecule has 0 radical (unpaired) electrons. The maximum Gasteiger partial charge on any atom is 0.306 e. The second-order valence-electron chi connectivity index (χ2n) is 6.50. The second kappa shape index (κ2) is 8.17. The van der Waals surface area contributed by atoms with Gasteiger partial charge in [0.25, 0.3) is 0 Å². The number of carbonyl (C=O) groups is 3. The van der Waals surface area contributed by atoms with Crippen LogP contribution in [0.5, 0.6) is 0 Å². The number of aliphatic carboxylic acids is 1. The minimum Gasteiger partial charge on any atom is -0.513 e. The van der Waals surface area contributed by atoms with E-state index in [9.17, 15) is 14.4 Å². The Hall–Kier alpha value is -2.05. The molecule has 0 bridgehead atoms. The van der Waals surface area contributed by atoms with Crippen LogP contribution >= 0.6 is 0 Å². The highest BCUT2D eigenvalue weighted by Crippen LogP contribution is 2.47. The quantitative estimate of drug-likeness (QED) is 0.515. The van der Waals surface area contributed by atoms with Crippen LogP contribution in [0.25, 0.3) is 0 Å². The van der Waals surface area contributed by atoms with Crippen molar-refractivity contribution in [3.63, 3.8) is 0 Å². The molecule has 2 aliphatic carbocycles. The molecule has 2 rings (SSSR count). The van der Waals surface area contributed by atoms with E-state index in [1.165, 1.54) is 0 Å². The van der Waals surface area contributed by atoms with Crippen molar-refractivity contribution >= 4 is 17.9 Å². The third-order valence-corrected chi connectivity index (χ3v) is 4.80. The molecule has 24 heavy (non-hydrogen) atoms. The van der Waals surface area contributed by atoms with Gasteiger partial charge in [-0.3, -0.25) is 14.4 Å². The molecule has 0 spiro atoms. The van der Waals surface area contributed by atoms with Gasteiger partial charge in [0.05, 0.1) is 25.0 Å². The molecule has 7 nitrogen and oxygen atoms in total. The van der Waals surface area contributed by atoms with E-state index in [1.807, 2.05) is 0 Å². The van der Waals surface area contributed by atoms with Crippen LogP contribution < -0.4 is 0 Å². The van der Waals surface area contributed by atoms with Crippen molar-refractivity contribution in [2.75, 3.05) is 0 Å². The van der Waals surface area contributed by atoms with Crippen LogP contribution in [0, 0.1) is 11.8 Å². The fourth-order valence-electron chi connectivity index (χ4n) is 3.70. The van der Waals surface area contributed by atoms with E-state index in [0.29, 0.717) is 0 Å². The fourth-order valence-corrected chi connectivity index (χ4v) is 3.70. The number of hydrogen-bond acceptors (Lipinski definition) is 6. The van der Waals surface area contributed by atoms with Gasteiger partial charge < -0.3 is 19.7 Å². The Morgan fingerprint density at radius 1 is 0.792 bits per heavy atom. The average Bonchev–Trinajstić information content (AvgIpc) is 3.07. The highest BCUT2D eigenvalue weighted by atomic mass is 16.6. The van der Waals surface area contributed by atoms with E-state index < -0.39 is 11.9 Å². The van der Waals surface area contributed by atoms with E-state index in [-0.39, 0.29) is 61.5 Å². The lowest BCUT2D eigenvalue weighted by molar-refractivity contribution is -0.155. The standard InChI is InChI=1S/C17H24O7/c1-10(18)2-8-16(21)23-13-5-3-12-11(13)4-6-14(12)24-17(22)9-7-15(19)20/h11-14,18H,1-9H2,(H,19,20)/t11-,12-,13-,14-/m0/s1. The first-order chi connectivity index (χ1) is 11.4. The van der Waals surface area contributed by atoms with Gasteiger partial charge in [-0.25, -0.2) is 0 Å². The van der Waals surface area contributed by atoms with Crippen molar-refractivity contribution in [1.82, 2.24) is 0 Å². The Bertz CT molecular complexity index is 467. The maximum absolute atomic E-state index is 11.8. The summed E-state index contributed by atoms with van der Waals surface area (Å²) in [5, 5.41) is 17.6. The minimum atomic E-state index is -1.02. The SMILES string of the molecule is C=C(O)CCC(=O)O[C@H]1CC[C@H]2[C@@H]1CC[C@@H]2OC(=O)CCC(=O)O. The van der Waals surface area contributed by atoms with Crippen molar-refractivity contribution in [3.05, 3.63) is 12.3 Å². The summed E-state index contributed by atoms with van der Waals surface area (Å²) in [5.41, 5.74) is 0. The van der Waals surface area contributed by atoms with E-state index in [2.05, 4.69) is 6.58 Å². The summed E-state index contributed by atoms with van der Waals surface area (Å²) >= 11 is 0. The molecular weight excluding hydrogens is 316 g/mol. The molecular formula is C17H24O7. The first kappa shape index (κ1) is 18.3. The maximum atomic E-state index is 11.8. The number of fused-ring (bicyclic) bond motifs is 1. The molecule has 0 unspecified atom stereocenters. The zero-order valence-corrected chi connectivity index (χ0v) is 13.6. The van der Waals surface area contributed by atoms with Gasteiger partial charge in [-0.2, -0.15) is 0 Å². The number of rotatable bonds is 8. The van der Waals surface area contributed by atoms with Crippen LogP contribution in [0.4, 0.5) is 0 Å². The van der Waals surface area contributed by atoms with Crippen LogP contribution in [-0.2, 0) is 23.9 Å². The molecule has 0 amide bonds. The van der Waals surface area contributed by atoms with Crippen molar-refractivity contribution in [2.45, 2.75) is 63.6 Å². The molecule has 2 saturated carbocycles. The highest BCUT2D eigenvalue weighted by Gasteiger charge is 2.48. The Balaban J connectivity index is 1.78. The molecule has 2 fully saturated rings. The summed E-state index contributed by atoms with van der Waals surface area (Å²) in [7, 11) is 0. The molecule has 0 aromatic rings. The number of carbonyl (C=O) groups excluding carboxylic acids is 2. The van der Waals surface area contributed by atoms with Crippen molar-refractivity contribution < 1.29 is 34.1 Å². The first-order valence-electron chi connectivity index (χ1n) is 8.34. The number of allylic oxidation sites excluding steroid dienone is 1. The predicted octanol–water partition coefficient (Wildman–Crippen LogP) is 2.35. The number of aliphatic hydroxyl groups excluding tert-OH is 1. The van der Waals surface area contributed by atoms with Gasteiger partial charge >= 0.3 is 17.9 Å². The summed E-state index contributed by atoms with van der Waals surface area (Å²) in [4.78, 5) is 34.0. The van der Waals surface area contributed by atoms with E-state index >= 15 is 0 Å². The molecule has 134 valence electrons. The zero-order valence-electron chi connectivity index (χ0n) is 13.6. The van der Waals surface area contributed by atoms with Gasteiger partial charge in [0.15, 0.2) is 0 Å². The Morgan fingerprint density at radius 2 is 1.25 bits per heavy atom. The molecule has 0 saturated heterocycles. The number of carboxylic acids is 1. The van der Waals surface area contributed by atoms with Gasteiger partial charge in [-0.1, -0.05) is 6.58 Å². The van der Waals surface area contributed by atoms with Crippen LogP contribution in [0.3, 0.4) is 0 Å². The smallest absolute Gasteiger partial charge is 0.306 e. The van der Waals surface area contributed by atoms with Gasteiger partial charge in [0, 0.05) is 18.3 Å². The van der Waals surface area contributed by atoms with E-state index in [4.69, 9.17) is 19.7 Å². The first-order valence-corrected chi connectivity index (χ1v) is 8.34. The molecule has 0 aromatic carbocycles. The Labute approximate surface area is 140 Å². The molecule has 0 aliphatic heterocycles. The van der Waals surface area contributed by atoms with E-state index in [1.54, 1.807) is 0 Å². The third kappa shape index (κ3) is 4.97. The second-order valence-corrected chi connectivity index (χ2v) is 6.50. The van der Waals surface area contributed by atoms with Crippen LogP contribution in [0.15, 0.2) is 12.3 Å². The Kier molecular flexibility index (Phi) is 6.23. The van der Waals surface area contributed by atoms with Crippen LogP contribution in [0.1, 0.15) is 51.4 Å². The molecule has 4 atom stereocenters. The minimum absolute atomic E-state index is 0.0366. The summed E-state index contributed by atoms with van der Waals surface area (Å²) < 4.78 is 10.9.